The Hall–Kier alpha value is -1.48. The van der Waals surface area contributed by atoms with E-state index in [2.05, 4.69) is 11.8 Å². The first-order valence-corrected chi connectivity index (χ1v) is 6.47. The fourth-order valence-corrected chi connectivity index (χ4v) is 2.34. The predicted molar refractivity (Wildman–Crippen MR) is 74.2 cm³/mol. The molecule has 0 bridgehead atoms. The minimum atomic E-state index is -0.955. The van der Waals surface area contributed by atoms with Gasteiger partial charge in [0.15, 0.2) is 0 Å². The molecule has 0 radical (unpaired) electrons. The summed E-state index contributed by atoms with van der Waals surface area (Å²) >= 11 is 6.27. The SMILES string of the molecule is CCN(c1ccc(/C=C/C(=O)O)cc1Cl)C1CC1. The first-order valence-electron chi connectivity index (χ1n) is 6.09. The van der Waals surface area contributed by atoms with E-state index in [1.54, 1.807) is 12.1 Å². The van der Waals surface area contributed by atoms with Crippen molar-refractivity contribution in [3.63, 3.8) is 0 Å². The molecule has 0 aliphatic heterocycles. The summed E-state index contributed by atoms with van der Waals surface area (Å²) in [5.74, 6) is -0.955. The molecule has 0 aromatic heterocycles. The monoisotopic (exact) mass is 265 g/mol. The lowest BCUT2D eigenvalue weighted by molar-refractivity contribution is -0.131. The third-order valence-electron chi connectivity index (χ3n) is 3.03. The van der Waals surface area contributed by atoms with Crippen LogP contribution in [0.25, 0.3) is 6.08 Å². The average Bonchev–Trinajstić information content (AvgIpc) is 3.14. The molecule has 0 heterocycles. The molecular weight excluding hydrogens is 250 g/mol. The van der Waals surface area contributed by atoms with Crippen molar-refractivity contribution in [1.82, 2.24) is 0 Å². The molecule has 4 heteroatoms. The first kappa shape index (κ1) is 13.0. The van der Waals surface area contributed by atoms with Crippen molar-refractivity contribution < 1.29 is 9.90 Å². The highest BCUT2D eigenvalue weighted by atomic mass is 35.5. The van der Waals surface area contributed by atoms with Crippen LogP contribution in [0.15, 0.2) is 24.3 Å². The van der Waals surface area contributed by atoms with E-state index in [9.17, 15) is 4.79 Å². The van der Waals surface area contributed by atoms with Crippen LogP contribution >= 0.6 is 11.6 Å². The van der Waals surface area contributed by atoms with E-state index in [1.165, 1.54) is 12.8 Å². The molecule has 1 aromatic rings. The molecule has 96 valence electrons. The number of nitrogens with zero attached hydrogens (tertiary/aromatic N) is 1. The highest BCUT2D eigenvalue weighted by molar-refractivity contribution is 6.33. The van der Waals surface area contributed by atoms with Crippen molar-refractivity contribution in [2.75, 3.05) is 11.4 Å². The van der Waals surface area contributed by atoms with Crippen molar-refractivity contribution in [2.24, 2.45) is 0 Å². The Morgan fingerprint density at radius 2 is 2.28 bits per heavy atom. The number of halogens is 1. The van der Waals surface area contributed by atoms with Crippen LogP contribution in [-0.4, -0.2) is 23.7 Å². The highest BCUT2D eigenvalue weighted by Crippen LogP contribution is 2.35. The van der Waals surface area contributed by atoms with E-state index in [1.807, 2.05) is 12.1 Å². The fraction of sp³-hybridized carbons (Fsp3) is 0.357. The number of aliphatic carboxylic acids is 1. The van der Waals surface area contributed by atoms with E-state index in [0.29, 0.717) is 11.1 Å². The van der Waals surface area contributed by atoms with Crippen LogP contribution in [0, 0.1) is 0 Å². The van der Waals surface area contributed by atoms with Crippen molar-refractivity contribution in [1.29, 1.82) is 0 Å². The van der Waals surface area contributed by atoms with Crippen molar-refractivity contribution in [2.45, 2.75) is 25.8 Å². The Morgan fingerprint density at radius 1 is 1.56 bits per heavy atom. The molecule has 18 heavy (non-hydrogen) atoms. The Labute approximate surface area is 112 Å². The molecule has 1 aliphatic carbocycles. The van der Waals surface area contributed by atoms with Crippen LogP contribution in [0.5, 0.6) is 0 Å². The van der Waals surface area contributed by atoms with Gasteiger partial charge in [-0.2, -0.15) is 0 Å². The van der Waals surface area contributed by atoms with Gasteiger partial charge in [-0.3, -0.25) is 0 Å². The molecule has 0 atom stereocenters. The first-order chi connectivity index (χ1) is 8.61. The fourth-order valence-electron chi connectivity index (χ4n) is 2.04. The summed E-state index contributed by atoms with van der Waals surface area (Å²) in [4.78, 5) is 12.7. The summed E-state index contributed by atoms with van der Waals surface area (Å²) < 4.78 is 0. The molecule has 0 unspecified atom stereocenters. The Bertz CT molecular complexity index is 481. The zero-order valence-corrected chi connectivity index (χ0v) is 11.0. The zero-order valence-electron chi connectivity index (χ0n) is 10.3. The molecule has 0 saturated heterocycles. The summed E-state index contributed by atoms with van der Waals surface area (Å²) in [6.45, 7) is 3.06. The van der Waals surface area contributed by atoms with Gasteiger partial charge >= 0.3 is 5.97 Å². The van der Waals surface area contributed by atoms with E-state index in [-0.39, 0.29) is 0 Å². The molecule has 1 N–H and O–H groups in total. The van der Waals surface area contributed by atoms with Gasteiger partial charge in [-0.25, -0.2) is 4.79 Å². The van der Waals surface area contributed by atoms with E-state index in [0.717, 1.165) is 23.9 Å². The second-order valence-electron chi connectivity index (χ2n) is 4.40. The number of hydrogen-bond acceptors (Lipinski definition) is 2. The number of benzene rings is 1. The second-order valence-corrected chi connectivity index (χ2v) is 4.81. The van der Waals surface area contributed by atoms with Gasteiger partial charge in [0, 0.05) is 18.7 Å². The van der Waals surface area contributed by atoms with E-state index in [4.69, 9.17) is 16.7 Å². The lowest BCUT2D eigenvalue weighted by Gasteiger charge is -2.24. The number of hydrogen-bond donors (Lipinski definition) is 1. The van der Waals surface area contributed by atoms with Gasteiger partial charge in [0.05, 0.1) is 10.7 Å². The van der Waals surface area contributed by atoms with E-state index < -0.39 is 5.97 Å². The molecule has 3 nitrogen and oxygen atoms in total. The van der Waals surface area contributed by atoms with Gasteiger partial charge in [-0.1, -0.05) is 17.7 Å². The third kappa shape index (κ3) is 3.05. The number of carboxylic acid groups (broad SMARTS) is 1. The Kier molecular flexibility index (Phi) is 3.92. The minimum absolute atomic E-state index is 0.618. The average molecular weight is 266 g/mol. The van der Waals surface area contributed by atoms with Crippen molar-refractivity contribution in [3.8, 4) is 0 Å². The standard InChI is InChI=1S/C14H16ClNO2/c1-2-16(11-5-6-11)13-7-3-10(9-12(13)15)4-8-14(17)18/h3-4,7-9,11H,2,5-6H2,1H3,(H,17,18)/b8-4+. The quantitative estimate of drug-likeness (QED) is 0.830. The molecule has 1 fully saturated rings. The van der Waals surface area contributed by atoms with Gasteiger partial charge < -0.3 is 10.0 Å². The third-order valence-corrected chi connectivity index (χ3v) is 3.33. The van der Waals surface area contributed by atoms with Crippen LogP contribution in [0.1, 0.15) is 25.3 Å². The van der Waals surface area contributed by atoms with Crippen LogP contribution in [0.3, 0.4) is 0 Å². The summed E-state index contributed by atoms with van der Waals surface area (Å²) in [6.07, 6.45) is 5.12. The molecule has 1 saturated carbocycles. The molecule has 1 aromatic carbocycles. The summed E-state index contributed by atoms with van der Waals surface area (Å²) in [5.41, 5.74) is 1.84. The molecule has 0 spiro atoms. The lowest BCUT2D eigenvalue weighted by Crippen LogP contribution is -2.25. The largest absolute Gasteiger partial charge is 0.478 e. The molecular formula is C14H16ClNO2. The van der Waals surface area contributed by atoms with Crippen LogP contribution in [0.4, 0.5) is 5.69 Å². The minimum Gasteiger partial charge on any atom is -0.478 e. The Morgan fingerprint density at radius 3 is 2.78 bits per heavy atom. The number of carboxylic acids is 1. The van der Waals surface area contributed by atoms with Crippen molar-refractivity contribution >= 4 is 29.3 Å². The molecule has 2 rings (SSSR count). The summed E-state index contributed by atoms with van der Waals surface area (Å²) in [7, 11) is 0. The smallest absolute Gasteiger partial charge is 0.328 e. The van der Waals surface area contributed by atoms with Crippen LogP contribution in [-0.2, 0) is 4.79 Å². The van der Waals surface area contributed by atoms with Gasteiger partial charge in [0.2, 0.25) is 0 Å². The van der Waals surface area contributed by atoms with Gasteiger partial charge in [-0.05, 0) is 43.5 Å². The number of rotatable bonds is 5. The maximum atomic E-state index is 10.4. The van der Waals surface area contributed by atoms with Crippen LogP contribution < -0.4 is 4.90 Å². The van der Waals surface area contributed by atoms with Gasteiger partial charge in [-0.15, -0.1) is 0 Å². The van der Waals surface area contributed by atoms with Crippen molar-refractivity contribution in [3.05, 3.63) is 34.9 Å². The molecule has 1 aliphatic rings. The normalized spacial score (nSPS) is 15.0. The topological polar surface area (TPSA) is 40.5 Å². The van der Waals surface area contributed by atoms with E-state index >= 15 is 0 Å². The van der Waals surface area contributed by atoms with Gasteiger partial charge in [0.25, 0.3) is 0 Å². The van der Waals surface area contributed by atoms with Gasteiger partial charge in [0.1, 0.15) is 0 Å². The maximum Gasteiger partial charge on any atom is 0.328 e. The second kappa shape index (κ2) is 5.44. The maximum absolute atomic E-state index is 10.4. The van der Waals surface area contributed by atoms with Crippen LogP contribution in [0.2, 0.25) is 5.02 Å². The Balaban J connectivity index is 2.21. The summed E-state index contributed by atoms with van der Waals surface area (Å²) in [6, 6.07) is 6.28. The summed E-state index contributed by atoms with van der Waals surface area (Å²) in [5, 5.41) is 9.26. The molecule has 0 amide bonds. The number of carbonyl (C=O) groups is 1. The predicted octanol–water partition coefficient (Wildman–Crippen LogP) is 3.43. The highest BCUT2D eigenvalue weighted by Gasteiger charge is 2.29. The number of anilines is 1. The zero-order chi connectivity index (χ0) is 13.1. The lowest BCUT2D eigenvalue weighted by atomic mass is 10.1.